The molecule has 7 aromatic carbocycles. The number of carbonyl (C=O) groups is 1. The van der Waals surface area contributed by atoms with Crippen LogP contribution in [0.4, 0.5) is 23.2 Å². The van der Waals surface area contributed by atoms with E-state index in [1.54, 1.807) is 18.2 Å². The Labute approximate surface area is 445 Å². The van der Waals surface area contributed by atoms with E-state index < -0.39 is 28.6 Å². The average Bonchev–Trinajstić information content (AvgIpc) is 3.69. The Hall–Kier alpha value is -6.87. The van der Waals surface area contributed by atoms with Crippen molar-refractivity contribution in [3.63, 3.8) is 0 Å². The Balaban J connectivity index is 0.844. The summed E-state index contributed by atoms with van der Waals surface area (Å²) in [6, 6.07) is 41.2. The molecule has 1 atom stereocenters. The van der Waals surface area contributed by atoms with Gasteiger partial charge in [0.15, 0.2) is 5.60 Å². The third kappa shape index (κ3) is 9.68. The molecule has 0 spiro atoms. The zero-order chi connectivity index (χ0) is 52.8. The monoisotopic (exact) mass is 1020 g/mol. The summed E-state index contributed by atoms with van der Waals surface area (Å²) in [5.41, 5.74) is 8.61. The number of benzene rings is 7. The summed E-state index contributed by atoms with van der Waals surface area (Å²) in [6.07, 6.45) is 11.9. The quantitative estimate of drug-likeness (QED) is 0.0804. The van der Waals surface area contributed by atoms with Crippen LogP contribution in [0.1, 0.15) is 147 Å². The van der Waals surface area contributed by atoms with Crippen molar-refractivity contribution in [1.82, 2.24) is 4.90 Å². The maximum atomic E-state index is 14.7. The molecular weight excluding hydrogens is 957 g/mol. The predicted molar refractivity (Wildman–Crippen MR) is 299 cm³/mol. The lowest BCUT2D eigenvalue weighted by molar-refractivity contribution is -0.137. The van der Waals surface area contributed by atoms with Crippen molar-refractivity contribution in [3.8, 4) is 33.8 Å². The summed E-state index contributed by atoms with van der Waals surface area (Å²) in [5, 5.41) is 0.990. The zero-order valence-electron chi connectivity index (χ0n) is 44.2. The number of unbranched alkanes of at least 4 members (excludes halogenated alkanes) is 3. The number of hydrogen-bond acceptors (Lipinski definition) is 4. The normalized spacial score (nSPS) is 19.7. The van der Waals surface area contributed by atoms with Gasteiger partial charge in [0.25, 0.3) is 5.91 Å². The minimum absolute atomic E-state index is 0.0121. The first-order valence-corrected chi connectivity index (χ1v) is 27.7. The van der Waals surface area contributed by atoms with Crippen LogP contribution in [-0.4, -0.2) is 43.6 Å². The smallest absolute Gasteiger partial charge is 0.416 e. The van der Waals surface area contributed by atoms with Gasteiger partial charge in [0.1, 0.15) is 17.3 Å². The molecule has 0 aromatic heterocycles. The molecule has 76 heavy (non-hydrogen) atoms. The van der Waals surface area contributed by atoms with Gasteiger partial charge in [-0.15, -0.1) is 0 Å². The SMILES string of the molecule is CCCCCC1CCC(c2ccc(-c3ccc(C(=O)N4CCN(c5ccc6c(c5)-c5c(c7c(c8cc(C(F)(F)F)ccc58)OC(c5ccc(F)cc5)(c5ccc(OCCCC)cc5)C=C7)C6(C)C)CC4)cc3)cc2)CC1. The molecule has 1 amide bonds. The molecule has 0 N–H and O–H groups in total. The van der Waals surface area contributed by atoms with Gasteiger partial charge >= 0.3 is 6.18 Å². The summed E-state index contributed by atoms with van der Waals surface area (Å²) < 4.78 is 72.0. The van der Waals surface area contributed by atoms with E-state index in [4.69, 9.17) is 9.47 Å². The number of piperazine rings is 1. The maximum absolute atomic E-state index is 14.7. The molecule has 2 aliphatic heterocycles. The molecule has 0 radical (unpaired) electrons. The van der Waals surface area contributed by atoms with E-state index in [9.17, 15) is 22.4 Å². The molecule has 5 nitrogen and oxygen atoms in total. The maximum Gasteiger partial charge on any atom is 0.416 e. The van der Waals surface area contributed by atoms with Gasteiger partial charge in [0.05, 0.1) is 12.2 Å². The number of carbonyl (C=O) groups excluding carboxylic acids is 1. The summed E-state index contributed by atoms with van der Waals surface area (Å²) in [4.78, 5) is 18.2. The highest BCUT2D eigenvalue weighted by atomic mass is 19.4. The van der Waals surface area contributed by atoms with E-state index in [0.29, 0.717) is 83.2 Å². The fourth-order valence-electron chi connectivity index (χ4n) is 12.7. The molecule has 11 rings (SSSR count). The second kappa shape index (κ2) is 20.9. The Morgan fingerprint density at radius 1 is 0.711 bits per heavy atom. The first-order valence-electron chi connectivity index (χ1n) is 27.7. The second-order valence-electron chi connectivity index (χ2n) is 22.2. The Bertz CT molecular complexity index is 3260. The van der Waals surface area contributed by atoms with Crippen LogP contribution >= 0.6 is 0 Å². The van der Waals surface area contributed by atoms with Gasteiger partial charge in [-0.05, 0) is 155 Å². The molecule has 9 heteroatoms. The number of nitrogens with zero attached hydrogens (tertiary/aromatic N) is 2. The first-order chi connectivity index (χ1) is 36.7. The number of hydrogen-bond donors (Lipinski definition) is 0. The average molecular weight is 1030 g/mol. The number of anilines is 1. The van der Waals surface area contributed by atoms with E-state index in [0.717, 1.165) is 63.9 Å². The molecule has 2 fully saturated rings. The largest absolute Gasteiger partial charge is 0.494 e. The molecule has 0 bridgehead atoms. The number of ether oxygens (including phenoxy) is 2. The van der Waals surface area contributed by atoms with Crippen LogP contribution in [0.2, 0.25) is 0 Å². The summed E-state index contributed by atoms with van der Waals surface area (Å²) in [6.45, 7) is 11.6. The Morgan fingerprint density at radius 2 is 1.37 bits per heavy atom. The van der Waals surface area contributed by atoms with E-state index >= 15 is 0 Å². The van der Waals surface area contributed by atoms with Crippen LogP contribution in [0.25, 0.3) is 39.1 Å². The minimum Gasteiger partial charge on any atom is -0.494 e. The number of fused-ring (bicyclic) bond motifs is 8. The number of rotatable bonds is 14. The molecule has 7 aromatic rings. The van der Waals surface area contributed by atoms with Crippen LogP contribution in [0.3, 0.4) is 0 Å². The van der Waals surface area contributed by atoms with Gasteiger partial charge in [-0.1, -0.05) is 139 Å². The second-order valence-corrected chi connectivity index (χ2v) is 22.2. The Kier molecular flexibility index (Phi) is 14.1. The lowest BCUT2D eigenvalue weighted by Gasteiger charge is -2.38. The van der Waals surface area contributed by atoms with Crippen molar-refractivity contribution in [2.45, 2.75) is 115 Å². The van der Waals surface area contributed by atoms with Crippen molar-refractivity contribution in [1.29, 1.82) is 0 Å². The molecule has 1 unspecified atom stereocenters. The van der Waals surface area contributed by atoms with Gasteiger partial charge in [0.2, 0.25) is 0 Å². The molecule has 392 valence electrons. The zero-order valence-corrected chi connectivity index (χ0v) is 44.2. The Morgan fingerprint density at radius 3 is 2.03 bits per heavy atom. The van der Waals surface area contributed by atoms with Crippen molar-refractivity contribution in [2.75, 3.05) is 37.7 Å². The lowest BCUT2D eigenvalue weighted by Crippen LogP contribution is -2.48. The fourth-order valence-corrected chi connectivity index (χ4v) is 12.7. The highest BCUT2D eigenvalue weighted by Gasteiger charge is 2.45. The molecule has 1 saturated carbocycles. The van der Waals surface area contributed by atoms with Gasteiger partial charge in [-0.3, -0.25) is 4.79 Å². The number of alkyl halides is 3. The van der Waals surface area contributed by atoms with Crippen molar-refractivity contribution < 1.29 is 31.8 Å². The van der Waals surface area contributed by atoms with Crippen molar-refractivity contribution >= 4 is 28.4 Å². The van der Waals surface area contributed by atoms with Crippen molar-refractivity contribution in [2.24, 2.45) is 5.92 Å². The van der Waals surface area contributed by atoms with E-state index in [1.165, 1.54) is 75.1 Å². The standard InChI is InChI=1S/C67H68F4N2O3/c1-5-7-9-10-44-11-13-45(14-12-44)46-15-17-47(18-16-46)48-19-21-49(22-20-48)64(74)73-39-37-72(38-40-73)54-30-34-60-59(43-54)61-56-33-27-52(67(69,70)71)42-58(56)63-57(62(61)65(60,3)4)35-36-66(76-63,50-23-28-53(68)29-24-50)51-25-31-55(32-26-51)75-41-8-6-2/h15-36,42-45H,5-14,37-41H2,1-4H3. The van der Waals surface area contributed by atoms with Crippen LogP contribution < -0.4 is 14.4 Å². The van der Waals surface area contributed by atoms with Gasteiger partial charge in [0, 0.05) is 64.9 Å². The topological polar surface area (TPSA) is 42.0 Å². The number of halogens is 4. The van der Waals surface area contributed by atoms with E-state index in [-0.39, 0.29) is 5.91 Å². The summed E-state index contributed by atoms with van der Waals surface area (Å²) >= 11 is 0. The van der Waals surface area contributed by atoms with Crippen LogP contribution in [0.15, 0.2) is 140 Å². The highest BCUT2D eigenvalue weighted by Crippen LogP contribution is 2.59. The first kappa shape index (κ1) is 51.2. The van der Waals surface area contributed by atoms with Crippen LogP contribution in [0.5, 0.6) is 11.5 Å². The van der Waals surface area contributed by atoms with Gasteiger partial charge < -0.3 is 19.3 Å². The lowest BCUT2D eigenvalue weighted by atomic mass is 9.76. The third-order valence-corrected chi connectivity index (χ3v) is 17.1. The van der Waals surface area contributed by atoms with Gasteiger partial charge in [-0.2, -0.15) is 13.2 Å². The molecule has 2 aliphatic carbocycles. The minimum atomic E-state index is -4.61. The third-order valence-electron chi connectivity index (χ3n) is 17.1. The summed E-state index contributed by atoms with van der Waals surface area (Å²) in [7, 11) is 0. The van der Waals surface area contributed by atoms with E-state index in [2.05, 4.69) is 87.2 Å². The van der Waals surface area contributed by atoms with E-state index in [1.807, 2.05) is 53.5 Å². The fraction of sp³-hybridized carbons (Fsp3) is 0.358. The van der Waals surface area contributed by atoms with Gasteiger partial charge in [-0.25, -0.2) is 4.39 Å². The molecule has 1 saturated heterocycles. The molecule has 4 aliphatic rings. The molecular formula is C67H68F4N2O3. The molecule has 2 heterocycles. The summed E-state index contributed by atoms with van der Waals surface area (Å²) in [5.74, 6) is 2.16. The van der Waals surface area contributed by atoms with Crippen molar-refractivity contribution in [3.05, 3.63) is 190 Å². The van der Waals surface area contributed by atoms with Crippen LogP contribution in [0, 0.1) is 11.7 Å². The van der Waals surface area contributed by atoms with Crippen LogP contribution in [-0.2, 0) is 17.2 Å². The highest BCUT2D eigenvalue weighted by molar-refractivity contribution is 6.09. The predicted octanol–water partition coefficient (Wildman–Crippen LogP) is 17.3. The number of amides is 1.